The fourth-order valence-electron chi connectivity index (χ4n) is 2.46. The van der Waals surface area contributed by atoms with Gasteiger partial charge < -0.3 is 4.74 Å². The second kappa shape index (κ2) is 8.46. The van der Waals surface area contributed by atoms with E-state index in [-0.39, 0.29) is 11.7 Å². The topological polar surface area (TPSA) is 26.3 Å². The van der Waals surface area contributed by atoms with E-state index in [2.05, 4.69) is 6.92 Å². The summed E-state index contributed by atoms with van der Waals surface area (Å²) in [6, 6.07) is 10.00. The monoisotopic (exact) mass is 284 g/mol. The average molecular weight is 284 g/mol. The number of carbonyl (C=O) groups is 1. The highest BCUT2D eigenvalue weighted by molar-refractivity contribution is 5.94. The van der Waals surface area contributed by atoms with Crippen LogP contribution in [0.5, 0.6) is 0 Å². The Morgan fingerprint density at radius 3 is 2.62 bits per heavy atom. The van der Waals surface area contributed by atoms with E-state index in [4.69, 9.17) is 4.74 Å². The fraction of sp³-hybridized carbons (Fsp3) is 0.421. The van der Waals surface area contributed by atoms with Crippen LogP contribution >= 0.6 is 0 Å². The number of hydrogen-bond acceptors (Lipinski definition) is 2. The van der Waals surface area contributed by atoms with Crippen LogP contribution in [0.1, 0.15) is 44.6 Å². The summed E-state index contributed by atoms with van der Waals surface area (Å²) in [5.74, 6) is 0.900. The first-order chi connectivity index (χ1) is 10.3. The predicted octanol–water partition coefficient (Wildman–Crippen LogP) is 4.81. The Labute approximate surface area is 127 Å². The fourth-order valence-corrected chi connectivity index (χ4v) is 2.46. The van der Waals surface area contributed by atoms with Gasteiger partial charge in [0.05, 0.1) is 0 Å². The molecule has 0 N–H and O–H groups in total. The molecular formula is C19H24O2. The highest BCUT2D eigenvalue weighted by atomic mass is 16.5. The van der Waals surface area contributed by atoms with Crippen molar-refractivity contribution in [3.8, 4) is 0 Å². The van der Waals surface area contributed by atoms with Crippen molar-refractivity contribution in [1.29, 1.82) is 0 Å². The van der Waals surface area contributed by atoms with E-state index in [0.717, 1.165) is 18.4 Å². The van der Waals surface area contributed by atoms with E-state index in [0.29, 0.717) is 12.4 Å². The van der Waals surface area contributed by atoms with E-state index in [1.807, 2.05) is 42.5 Å². The molecule has 0 aliphatic heterocycles. The van der Waals surface area contributed by atoms with Gasteiger partial charge in [-0.1, -0.05) is 69.0 Å². The van der Waals surface area contributed by atoms with Crippen molar-refractivity contribution >= 4 is 5.78 Å². The highest BCUT2D eigenvalue weighted by Crippen LogP contribution is 2.21. The van der Waals surface area contributed by atoms with Crippen molar-refractivity contribution in [2.45, 2.75) is 45.6 Å². The van der Waals surface area contributed by atoms with Gasteiger partial charge in [0.1, 0.15) is 12.4 Å². The summed E-state index contributed by atoms with van der Waals surface area (Å²) in [6.07, 6.45) is 11.4. The highest BCUT2D eigenvalue weighted by Gasteiger charge is 2.17. The molecule has 1 aromatic rings. The van der Waals surface area contributed by atoms with Gasteiger partial charge in [-0.05, 0) is 18.1 Å². The third-order valence-corrected chi connectivity index (χ3v) is 3.76. The minimum Gasteiger partial charge on any atom is -0.489 e. The molecule has 0 saturated heterocycles. The van der Waals surface area contributed by atoms with E-state index in [9.17, 15) is 4.79 Å². The lowest BCUT2D eigenvalue weighted by molar-refractivity contribution is -0.117. The molecule has 0 aromatic heterocycles. The van der Waals surface area contributed by atoms with E-state index >= 15 is 0 Å². The minimum atomic E-state index is 0.0472. The van der Waals surface area contributed by atoms with Crippen LogP contribution in [0.2, 0.25) is 0 Å². The van der Waals surface area contributed by atoms with Crippen molar-refractivity contribution in [3.63, 3.8) is 0 Å². The van der Waals surface area contributed by atoms with Gasteiger partial charge in [-0.3, -0.25) is 4.79 Å². The first-order valence-electron chi connectivity index (χ1n) is 7.90. The van der Waals surface area contributed by atoms with E-state index in [1.165, 1.54) is 19.3 Å². The third-order valence-electron chi connectivity index (χ3n) is 3.76. The van der Waals surface area contributed by atoms with Crippen molar-refractivity contribution < 1.29 is 9.53 Å². The second-order valence-electron chi connectivity index (χ2n) is 5.54. The van der Waals surface area contributed by atoms with Crippen LogP contribution in [0.25, 0.3) is 0 Å². The lowest BCUT2D eigenvalue weighted by Gasteiger charge is -2.15. The summed E-state index contributed by atoms with van der Waals surface area (Å²) in [4.78, 5) is 12.1. The normalized spacial score (nSPS) is 17.7. The van der Waals surface area contributed by atoms with E-state index in [1.54, 1.807) is 6.08 Å². The molecule has 0 bridgehead atoms. The molecule has 21 heavy (non-hydrogen) atoms. The Kier molecular flexibility index (Phi) is 6.26. The lowest BCUT2D eigenvalue weighted by Crippen LogP contribution is -2.14. The number of unbranched alkanes of at least 4 members (excludes halogenated alkanes) is 3. The van der Waals surface area contributed by atoms with Gasteiger partial charge in [0.25, 0.3) is 0 Å². The van der Waals surface area contributed by atoms with Crippen LogP contribution in [-0.4, -0.2) is 5.78 Å². The summed E-state index contributed by atoms with van der Waals surface area (Å²) in [6.45, 7) is 2.70. The minimum absolute atomic E-state index is 0.0472. The van der Waals surface area contributed by atoms with Crippen LogP contribution in [0.4, 0.5) is 0 Å². The molecule has 0 heterocycles. The molecule has 0 fully saturated rings. The Morgan fingerprint density at radius 1 is 1.10 bits per heavy atom. The molecule has 0 saturated carbocycles. The van der Waals surface area contributed by atoms with Gasteiger partial charge in [-0.25, -0.2) is 0 Å². The maximum atomic E-state index is 12.1. The van der Waals surface area contributed by atoms with Crippen LogP contribution in [0, 0.1) is 5.92 Å². The number of ketones is 1. The van der Waals surface area contributed by atoms with Gasteiger partial charge in [0.2, 0.25) is 0 Å². The number of ether oxygens (including phenoxy) is 1. The largest absolute Gasteiger partial charge is 0.489 e. The number of benzene rings is 1. The molecule has 2 rings (SSSR count). The van der Waals surface area contributed by atoms with Crippen LogP contribution in [0.15, 0.2) is 54.3 Å². The van der Waals surface area contributed by atoms with Gasteiger partial charge in [0, 0.05) is 12.0 Å². The van der Waals surface area contributed by atoms with Crippen molar-refractivity contribution in [2.75, 3.05) is 0 Å². The third kappa shape index (κ3) is 5.22. The van der Waals surface area contributed by atoms with Gasteiger partial charge in [-0.2, -0.15) is 0 Å². The van der Waals surface area contributed by atoms with Crippen LogP contribution in [0.3, 0.4) is 0 Å². The maximum absolute atomic E-state index is 12.1. The Balaban J connectivity index is 1.77. The van der Waals surface area contributed by atoms with Crippen molar-refractivity contribution in [1.82, 2.24) is 0 Å². The molecule has 2 heteroatoms. The molecule has 1 aliphatic rings. The predicted molar refractivity (Wildman–Crippen MR) is 85.7 cm³/mol. The zero-order chi connectivity index (χ0) is 14.9. The Morgan fingerprint density at radius 2 is 1.90 bits per heavy atom. The molecule has 112 valence electrons. The lowest BCUT2D eigenvalue weighted by atomic mass is 9.92. The van der Waals surface area contributed by atoms with Crippen LogP contribution < -0.4 is 0 Å². The molecule has 1 atom stereocenters. The van der Waals surface area contributed by atoms with Gasteiger partial charge in [0.15, 0.2) is 5.78 Å². The molecule has 0 amide bonds. The number of rotatable bonds is 8. The summed E-state index contributed by atoms with van der Waals surface area (Å²) in [7, 11) is 0. The number of allylic oxidation sites excluding steroid dienone is 3. The summed E-state index contributed by atoms with van der Waals surface area (Å²) >= 11 is 0. The summed E-state index contributed by atoms with van der Waals surface area (Å²) in [5, 5.41) is 0. The van der Waals surface area contributed by atoms with Crippen molar-refractivity contribution in [3.05, 3.63) is 59.9 Å². The van der Waals surface area contributed by atoms with Gasteiger partial charge >= 0.3 is 0 Å². The molecule has 1 aromatic carbocycles. The van der Waals surface area contributed by atoms with Gasteiger partial charge in [-0.15, -0.1) is 0 Å². The quantitative estimate of drug-likeness (QED) is 0.640. The summed E-state index contributed by atoms with van der Waals surface area (Å²) in [5.41, 5.74) is 1.11. The Hall–Kier alpha value is -1.83. The molecule has 0 radical (unpaired) electrons. The molecule has 0 spiro atoms. The average Bonchev–Trinajstić information content (AvgIpc) is 2.52. The first kappa shape index (κ1) is 15.6. The Bertz CT molecular complexity index is 500. The molecule has 1 unspecified atom stereocenters. The van der Waals surface area contributed by atoms with E-state index < -0.39 is 0 Å². The summed E-state index contributed by atoms with van der Waals surface area (Å²) < 4.78 is 5.68. The zero-order valence-electron chi connectivity index (χ0n) is 12.8. The standard InChI is InChI=1S/C19H24O2/c1-2-3-4-8-11-17-12-13-18(14-19(17)20)21-15-16-9-6-5-7-10-16/h5-7,9-10,12-14,17H,2-4,8,11,15H2,1H3. The second-order valence-corrected chi connectivity index (χ2v) is 5.54. The number of hydrogen-bond donors (Lipinski definition) is 0. The number of carbonyl (C=O) groups excluding carboxylic acids is 1. The molecule has 2 nitrogen and oxygen atoms in total. The van der Waals surface area contributed by atoms with Crippen LogP contribution in [-0.2, 0) is 16.1 Å². The molecule has 1 aliphatic carbocycles. The smallest absolute Gasteiger partial charge is 0.166 e. The van der Waals surface area contributed by atoms with Crippen molar-refractivity contribution in [2.24, 2.45) is 5.92 Å². The zero-order valence-corrected chi connectivity index (χ0v) is 12.8. The maximum Gasteiger partial charge on any atom is 0.166 e. The molecular weight excluding hydrogens is 260 g/mol. The SMILES string of the molecule is CCCCCCC1C=CC(OCc2ccccc2)=CC1=O. The first-order valence-corrected chi connectivity index (χ1v) is 7.90.